The highest BCUT2D eigenvalue weighted by Gasteiger charge is 1.93. The number of nitrogens with one attached hydrogen (secondary N) is 1. The molecule has 0 unspecified atom stereocenters. The molecule has 0 bridgehead atoms. The van der Waals surface area contributed by atoms with E-state index < -0.39 is 0 Å². The van der Waals surface area contributed by atoms with Crippen molar-refractivity contribution >= 4 is 6.41 Å². The largest absolute Gasteiger partial charge is 0.289 e. The molecule has 1 aliphatic heterocycles. The van der Waals surface area contributed by atoms with E-state index in [1.54, 1.807) is 11.2 Å². The van der Waals surface area contributed by atoms with Crippen molar-refractivity contribution in [2.24, 2.45) is 0 Å². The molecule has 0 radical (unpaired) electrons. The molecule has 1 heterocycles. The van der Waals surface area contributed by atoms with E-state index in [2.05, 4.69) is 5.43 Å². The zero-order valence-corrected chi connectivity index (χ0v) is 4.95. The maximum atomic E-state index is 9.86. The van der Waals surface area contributed by atoms with Gasteiger partial charge in [0.05, 0.1) is 6.54 Å². The average Bonchev–Trinajstić information content (AvgIpc) is 1.91. The Bertz CT molecular complexity index is 149. The highest BCUT2D eigenvalue weighted by atomic mass is 16.1. The number of hydrogen-bond donors (Lipinski definition) is 1. The number of carbonyl (C=O) groups excluding carboxylic acids is 1. The quantitative estimate of drug-likeness (QED) is 0.527. The Balaban J connectivity index is 2.36. The molecular weight excluding hydrogens is 116 g/mol. The first kappa shape index (κ1) is 5.88. The summed E-state index contributed by atoms with van der Waals surface area (Å²) in [7, 11) is 0. The molecule has 9 heavy (non-hydrogen) atoms. The van der Waals surface area contributed by atoms with Crippen LogP contribution >= 0.6 is 0 Å². The van der Waals surface area contributed by atoms with Gasteiger partial charge < -0.3 is 0 Å². The molecular formula is C6H8N2O. The second-order valence-electron chi connectivity index (χ2n) is 1.67. The molecule has 0 saturated heterocycles. The fourth-order valence-electron chi connectivity index (χ4n) is 0.631. The van der Waals surface area contributed by atoms with Crippen molar-refractivity contribution < 1.29 is 4.79 Å². The molecule has 0 aromatic heterocycles. The standard InChI is InChI=1S/C6H8N2O/c9-6-7-8-4-2-1-3-5-8/h1-4,6H,5H2,(H,7,9). The zero-order valence-electron chi connectivity index (χ0n) is 4.95. The van der Waals surface area contributed by atoms with Gasteiger partial charge >= 0.3 is 0 Å². The highest BCUT2D eigenvalue weighted by Crippen LogP contribution is 1.91. The van der Waals surface area contributed by atoms with E-state index in [1.807, 2.05) is 18.2 Å². The normalized spacial score (nSPS) is 15.8. The van der Waals surface area contributed by atoms with Crippen LogP contribution in [0.15, 0.2) is 24.4 Å². The SMILES string of the molecule is O=CNN1C=CC=CC1. The van der Waals surface area contributed by atoms with E-state index in [4.69, 9.17) is 0 Å². The summed E-state index contributed by atoms with van der Waals surface area (Å²) in [6.45, 7) is 0.745. The van der Waals surface area contributed by atoms with E-state index >= 15 is 0 Å². The summed E-state index contributed by atoms with van der Waals surface area (Å²) in [6.07, 6.45) is 8.21. The van der Waals surface area contributed by atoms with Gasteiger partial charge in [0.15, 0.2) is 0 Å². The third-order valence-electron chi connectivity index (χ3n) is 1.03. The third-order valence-corrected chi connectivity index (χ3v) is 1.03. The lowest BCUT2D eigenvalue weighted by molar-refractivity contribution is -0.112. The maximum absolute atomic E-state index is 9.86. The molecule has 1 amide bonds. The number of allylic oxidation sites excluding steroid dienone is 2. The Hall–Kier alpha value is -1.25. The van der Waals surface area contributed by atoms with Crippen LogP contribution in [0.3, 0.4) is 0 Å². The number of nitrogens with zero attached hydrogens (tertiary/aromatic N) is 1. The zero-order chi connectivity index (χ0) is 6.53. The number of hydrazine groups is 1. The van der Waals surface area contributed by atoms with Crippen LogP contribution in [0, 0.1) is 0 Å². The second kappa shape index (κ2) is 2.91. The summed E-state index contributed by atoms with van der Waals surface area (Å²) in [5, 5.41) is 1.69. The van der Waals surface area contributed by atoms with E-state index in [0.717, 1.165) is 6.54 Å². The van der Waals surface area contributed by atoms with Crippen LogP contribution in [-0.4, -0.2) is 18.0 Å². The van der Waals surface area contributed by atoms with Crippen molar-refractivity contribution in [1.82, 2.24) is 10.4 Å². The van der Waals surface area contributed by atoms with Gasteiger partial charge in [-0.3, -0.25) is 15.2 Å². The minimum atomic E-state index is 0.656. The minimum absolute atomic E-state index is 0.656. The Labute approximate surface area is 53.6 Å². The van der Waals surface area contributed by atoms with Crippen LogP contribution in [0.1, 0.15) is 0 Å². The van der Waals surface area contributed by atoms with Gasteiger partial charge in [-0.2, -0.15) is 0 Å². The second-order valence-corrected chi connectivity index (χ2v) is 1.67. The van der Waals surface area contributed by atoms with Crippen LogP contribution in [0.25, 0.3) is 0 Å². The van der Waals surface area contributed by atoms with Gasteiger partial charge in [-0.1, -0.05) is 12.2 Å². The van der Waals surface area contributed by atoms with Crippen molar-refractivity contribution in [3.8, 4) is 0 Å². The van der Waals surface area contributed by atoms with Crippen molar-refractivity contribution in [2.45, 2.75) is 0 Å². The number of rotatable bonds is 2. The molecule has 0 spiro atoms. The molecule has 0 fully saturated rings. The molecule has 0 aliphatic carbocycles. The van der Waals surface area contributed by atoms with Gasteiger partial charge in [-0.05, 0) is 6.08 Å². The minimum Gasteiger partial charge on any atom is -0.289 e. The summed E-state index contributed by atoms with van der Waals surface area (Å²) < 4.78 is 0. The first-order valence-corrected chi connectivity index (χ1v) is 2.73. The number of hydrogen-bond acceptors (Lipinski definition) is 2. The number of amides is 1. The molecule has 0 saturated carbocycles. The van der Waals surface area contributed by atoms with E-state index in [0.29, 0.717) is 6.41 Å². The third kappa shape index (κ3) is 1.60. The molecule has 48 valence electrons. The Morgan fingerprint density at radius 2 is 2.44 bits per heavy atom. The lowest BCUT2D eigenvalue weighted by atomic mass is 10.4. The molecule has 3 heteroatoms. The van der Waals surface area contributed by atoms with Crippen molar-refractivity contribution in [3.63, 3.8) is 0 Å². The fourth-order valence-corrected chi connectivity index (χ4v) is 0.631. The first-order valence-electron chi connectivity index (χ1n) is 2.73. The topological polar surface area (TPSA) is 32.3 Å². The molecule has 1 aliphatic rings. The smallest absolute Gasteiger partial charge is 0.225 e. The summed E-state index contributed by atoms with van der Waals surface area (Å²) in [4.78, 5) is 9.86. The van der Waals surface area contributed by atoms with Crippen LogP contribution in [-0.2, 0) is 4.79 Å². The molecule has 0 aromatic rings. The lowest BCUT2D eigenvalue weighted by Crippen LogP contribution is -2.32. The highest BCUT2D eigenvalue weighted by molar-refractivity contribution is 5.45. The molecule has 3 nitrogen and oxygen atoms in total. The molecule has 0 atom stereocenters. The van der Waals surface area contributed by atoms with Crippen molar-refractivity contribution in [1.29, 1.82) is 0 Å². The van der Waals surface area contributed by atoms with Gasteiger partial charge in [-0.15, -0.1) is 0 Å². The molecule has 1 N–H and O–H groups in total. The van der Waals surface area contributed by atoms with Crippen LogP contribution in [0.5, 0.6) is 0 Å². The van der Waals surface area contributed by atoms with Crippen molar-refractivity contribution in [3.05, 3.63) is 24.4 Å². The first-order chi connectivity index (χ1) is 4.43. The van der Waals surface area contributed by atoms with Crippen molar-refractivity contribution in [2.75, 3.05) is 6.54 Å². The van der Waals surface area contributed by atoms with E-state index in [1.165, 1.54) is 0 Å². The summed E-state index contributed by atoms with van der Waals surface area (Å²) in [5.41, 5.74) is 2.50. The Morgan fingerprint density at radius 3 is 3.00 bits per heavy atom. The van der Waals surface area contributed by atoms with Crippen LogP contribution in [0.2, 0.25) is 0 Å². The predicted molar refractivity (Wildman–Crippen MR) is 34.2 cm³/mol. The average molecular weight is 124 g/mol. The summed E-state index contributed by atoms with van der Waals surface area (Å²) in [6, 6.07) is 0. The van der Waals surface area contributed by atoms with Gasteiger partial charge in [0.25, 0.3) is 0 Å². The Morgan fingerprint density at radius 1 is 1.56 bits per heavy atom. The number of carbonyl (C=O) groups is 1. The summed E-state index contributed by atoms with van der Waals surface area (Å²) in [5.74, 6) is 0. The summed E-state index contributed by atoms with van der Waals surface area (Å²) >= 11 is 0. The van der Waals surface area contributed by atoms with E-state index in [9.17, 15) is 4.79 Å². The van der Waals surface area contributed by atoms with Crippen LogP contribution < -0.4 is 5.43 Å². The fraction of sp³-hybridized carbons (Fsp3) is 0.167. The molecule has 1 rings (SSSR count). The van der Waals surface area contributed by atoms with Gasteiger partial charge in [0, 0.05) is 6.20 Å². The van der Waals surface area contributed by atoms with E-state index in [-0.39, 0.29) is 0 Å². The Kier molecular flexibility index (Phi) is 1.90. The van der Waals surface area contributed by atoms with Crippen LogP contribution in [0.4, 0.5) is 0 Å². The maximum Gasteiger partial charge on any atom is 0.225 e. The van der Waals surface area contributed by atoms with Gasteiger partial charge in [-0.25, -0.2) is 0 Å². The monoisotopic (exact) mass is 124 g/mol. The van der Waals surface area contributed by atoms with Gasteiger partial charge in [0.1, 0.15) is 0 Å². The van der Waals surface area contributed by atoms with Gasteiger partial charge in [0.2, 0.25) is 6.41 Å². The predicted octanol–water partition coefficient (Wildman–Crippen LogP) is 0.0329. The lowest BCUT2D eigenvalue weighted by Gasteiger charge is -2.17. The molecule has 0 aromatic carbocycles.